The summed E-state index contributed by atoms with van der Waals surface area (Å²) in [6.07, 6.45) is 5.63. The monoisotopic (exact) mass is 492 g/mol. The number of para-hydroxylation sites is 3. The first-order valence-electron chi connectivity index (χ1n) is 13.5. The highest BCUT2D eigenvalue weighted by molar-refractivity contribution is 5.50. The molecule has 3 heteroatoms. The number of phenolic OH excluding ortho intramolecular Hbond substituents is 3. The second-order valence-electron chi connectivity index (χ2n) is 10.4. The van der Waals surface area contributed by atoms with Gasteiger partial charge in [0.05, 0.1) is 0 Å². The molecule has 3 N–H and O–H groups in total. The summed E-state index contributed by atoms with van der Waals surface area (Å²) in [6, 6.07) is 31.6. The van der Waals surface area contributed by atoms with E-state index in [9.17, 15) is 15.3 Å². The Kier molecular flexibility index (Phi) is 7.23. The quantitative estimate of drug-likeness (QED) is 0.244. The van der Waals surface area contributed by atoms with E-state index in [1.807, 2.05) is 48.5 Å². The Bertz CT molecular complexity index is 1360. The second-order valence-corrected chi connectivity index (χ2v) is 10.4. The summed E-state index contributed by atoms with van der Waals surface area (Å²) in [5, 5.41) is 32.8. The van der Waals surface area contributed by atoms with Crippen molar-refractivity contribution < 1.29 is 15.3 Å². The van der Waals surface area contributed by atoms with Crippen molar-refractivity contribution in [1.82, 2.24) is 0 Å². The van der Waals surface area contributed by atoms with E-state index in [1.165, 1.54) is 11.1 Å². The van der Waals surface area contributed by atoms with Crippen LogP contribution in [0.25, 0.3) is 0 Å². The van der Waals surface area contributed by atoms with E-state index in [0.717, 1.165) is 55.2 Å². The summed E-state index contributed by atoms with van der Waals surface area (Å²) >= 11 is 0. The first kappa shape index (κ1) is 25.0. The van der Waals surface area contributed by atoms with Crippen molar-refractivity contribution >= 4 is 0 Å². The van der Waals surface area contributed by atoms with E-state index in [4.69, 9.17) is 0 Å². The number of rotatable bonds is 7. The fourth-order valence-electron chi connectivity index (χ4n) is 6.76. The number of benzene rings is 4. The third-order valence-electron chi connectivity index (χ3n) is 8.44. The molecule has 1 saturated carbocycles. The van der Waals surface area contributed by atoms with Gasteiger partial charge in [-0.2, -0.15) is 0 Å². The molecule has 1 aliphatic carbocycles. The zero-order valence-electron chi connectivity index (χ0n) is 21.5. The van der Waals surface area contributed by atoms with E-state index in [2.05, 4.69) is 37.3 Å². The zero-order valence-corrected chi connectivity index (χ0v) is 21.5. The summed E-state index contributed by atoms with van der Waals surface area (Å²) < 4.78 is 0. The number of hydrogen-bond acceptors (Lipinski definition) is 3. The zero-order chi connectivity index (χ0) is 25.8. The fourth-order valence-corrected chi connectivity index (χ4v) is 6.76. The third-order valence-corrected chi connectivity index (χ3v) is 8.44. The minimum Gasteiger partial charge on any atom is -0.508 e. The van der Waals surface area contributed by atoms with Crippen LogP contribution in [-0.4, -0.2) is 15.3 Å². The largest absolute Gasteiger partial charge is 0.508 e. The Morgan fingerprint density at radius 3 is 2.03 bits per heavy atom. The van der Waals surface area contributed by atoms with Crippen LogP contribution in [0.1, 0.15) is 78.7 Å². The van der Waals surface area contributed by atoms with Gasteiger partial charge in [-0.1, -0.05) is 98.6 Å². The lowest BCUT2D eigenvalue weighted by molar-refractivity contribution is 0.233. The van der Waals surface area contributed by atoms with Crippen LogP contribution in [0.4, 0.5) is 0 Å². The van der Waals surface area contributed by atoms with Gasteiger partial charge in [-0.05, 0) is 66.5 Å². The SMILES string of the molecule is CCC(c1ccccc1O)c1ccccc1CC1(c2ccccc2O)CCCCC1c1ccccc1O. The van der Waals surface area contributed by atoms with Crippen molar-refractivity contribution in [2.24, 2.45) is 0 Å². The van der Waals surface area contributed by atoms with Gasteiger partial charge in [0.15, 0.2) is 0 Å². The fraction of sp³-hybridized carbons (Fsp3) is 0.294. The molecule has 1 fully saturated rings. The molecule has 190 valence electrons. The molecule has 1 aliphatic rings. The number of phenols is 3. The molecular formula is C34H36O3. The molecule has 3 unspecified atom stereocenters. The first-order chi connectivity index (χ1) is 18.0. The average molecular weight is 493 g/mol. The molecule has 4 aromatic carbocycles. The molecule has 3 atom stereocenters. The van der Waals surface area contributed by atoms with Crippen LogP contribution in [0.3, 0.4) is 0 Å². The predicted molar refractivity (Wildman–Crippen MR) is 149 cm³/mol. The predicted octanol–water partition coefficient (Wildman–Crippen LogP) is 8.18. The van der Waals surface area contributed by atoms with Crippen LogP contribution >= 0.6 is 0 Å². The molecule has 0 amide bonds. The molecule has 0 bridgehead atoms. The molecule has 0 spiro atoms. The lowest BCUT2D eigenvalue weighted by atomic mass is 9.57. The maximum Gasteiger partial charge on any atom is 0.119 e. The van der Waals surface area contributed by atoms with Crippen LogP contribution in [-0.2, 0) is 11.8 Å². The van der Waals surface area contributed by atoms with Gasteiger partial charge in [0.1, 0.15) is 17.2 Å². The van der Waals surface area contributed by atoms with Gasteiger partial charge in [0, 0.05) is 22.5 Å². The number of aromatic hydroxyl groups is 3. The van der Waals surface area contributed by atoms with Crippen molar-refractivity contribution in [2.75, 3.05) is 0 Å². The maximum atomic E-state index is 11.2. The Morgan fingerprint density at radius 2 is 1.32 bits per heavy atom. The van der Waals surface area contributed by atoms with Crippen LogP contribution in [0, 0.1) is 0 Å². The smallest absolute Gasteiger partial charge is 0.119 e. The number of hydrogen-bond donors (Lipinski definition) is 3. The highest BCUT2D eigenvalue weighted by atomic mass is 16.3. The van der Waals surface area contributed by atoms with Gasteiger partial charge in [-0.15, -0.1) is 0 Å². The first-order valence-corrected chi connectivity index (χ1v) is 13.5. The van der Waals surface area contributed by atoms with Gasteiger partial charge in [0.25, 0.3) is 0 Å². The van der Waals surface area contributed by atoms with E-state index < -0.39 is 0 Å². The normalized spacial score (nSPS) is 20.4. The standard InChI is InChI=1S/C34H36O3/c1-2-25(27-15-5-8-19-31(27)35)26-14-4-3-13-24(26)23-34(30-18-7-10-21-33(30)37)22-12-11-17-29(34)28-16-6-9-20-32(28)36/h3-10,13-16,18-21,25,29,35-37H,2,11-12,17,22-23H2,1H3. The van der Waals surface area contributed by atoms with Crippen molar-refractivity contribution in [3.63, 3.8) is 0 Å². The Hall–Kier alpha value is -3.72. The molecule has 0 radical (unpaired) electrons. The van der Waals surface area contributed by atoms with Crippen molar-refractivity contribution in [3.8, 4) is 17.2 Å². The molecule has 0 saturated heterocycles. The topological polar surface area (TPSA) is 60.7 Å². The highest BCUT2D eigenvalue weighted by Crippen LogP contribution is 2.55. The van der Waals surface area contributed by atoms with E-state index in [1.54, 1.807) is 18.2 Å². The van der Waals surface area contributed by atoms with Crippen LogP contribution in [0.15, 0.2) is 97.1 Å². The summed E-state index contributed by atoms with van der Waals surface area (Å²) in [7, 11) is 0. The van der Waals surface area contributed by atoms with E-state index >= 15 is 0 Å². The summed E-state index contributed by atoms with van der Waals surface area (Å²) in [4.78, 5) is 0. The van der Waals surface area contributed by atoms with Gasteiger partial charge >= 0.3 is 0 Å². The van der Waals surface area contributed by atoms with E-state index in [-0.39, 0.29) is 17.3 Å². The second kappa shape index (κ2) is 10.7. The van der Waals surface area contributed by atoms with Crippen molar-refractivity contribution in [3.05, 3.63) is 125 Å². The Labute approximate surface area is 220 Å². The van der Waals surface area contributed by atoms with Gasteiger partial charge in [0.2, 0.25) is 0 Å². The van der Waals surface area contributed by atoms with Crippen molar-refractivity contribution in [1.29, 1.82) is 0 Å². The Balaban J connectivity index is 1.69. The maximum absolute atomic E-state index is 11.2. The van der Waals surface area contributed by atoms with Crippen LogP contribution in [0.2, 0.25) is 0 Å². The summed E-state index contributed by atoms with van der Waals surface area (Å²) in [6.45, 7) is 2.16. The van der Waals surface area contributed by atoms with Gasteiger partial charge in [-0.3, -0.25) is 0 Å². The minimum atomic E-state index is -0.379. The molecule has 0 heterocycles. The van der Waals surface area contributed by atoms with Crippen molar-refractivity contribution in [2.45, 2.75) is 62.7 Å². The Morgan fingerprint density at radius 1 is 0.703 bits per heavy atom. The lowest BCUT2D eigenvalue weighted by Gasteiger charge is -2.46. The average Bonchev–Trinajstić information content (AvgIpc) is 2.92. The third kappa shape index (κ3) is 4.71. The summed E-state index contributed by atoms with van der Waals surface area (Å²) in [5.74, 6) is 1.09. The van der Waals surface area contributed by atoms with Crippen LogP contribution in [0.5, 0.6) is 17.2 Å². The van der Waals surface area contributed by atoms with Gasteiger partial charge in [-0.25, -0.2) is 0 Å². The molecule has 0 aliphatic heterocycles. The van der Waals surface area contributed by atoms with E-state index in [0.29, 0.717) is 17.2 Å². The van der Waals surface area contributed by atoms with Crippen LogP contribution < -0.4 is 0 Å². The summed E-state index contributed by atoms with van der Waals surface area (Å²) in [5.41, 5.74) is 4.90. The molecule has 4 aromatic rings. The molecule has 0 aromatic heterocycles. The molecule has 5 rings (SSSR count). The lowest BCUT2D eigenvalue weighted by Crippen LogP contribution is -2.39. The molecule has 3 nitrogen and oxygen atoms in total. The highest BCUT2D eigenvalue weighted by Gasteiger charge is 2.45. The molecular weight excluding hydrogens is 456 g/mol. The molecule has 37 heavy (non-hydrogen) atoms. The van der Waals surface area contributed by atoms with Gasteiger partial charge < -0.3 is 15.3 Å². The minimum absolute atomic E-state index is 0.0611.